The van der Waals surface area contributed by atoms with E-state index in [0.717, 1.165) is 42.9 Å². The molecule has 4 aliphatic carbocycles. The third-order valence-electron chi connectivity index (χ3n) is 10.1. The van der Waals surface area contributed by atoms with Crippen molar-refractivity contribution in [2.45, 2.75) is 98.0 Å². The molecule has 0 spiro atoms. The molecular formula is C27H42O2. The zero-order valence-corrected chi connectivity index (χ0v) is 19.2. The van der Waals surface area contributed by atoms with Crippen LogP contribution in [0, 0.1) is 40.4 Å². The molecule has 2 heteroatoms. The molecule has 0 saturated heterocycles. The lowest BCUT2D eigenvalue weighted by Crippen LogP contribution is -2.50. The molecule has 3 saturated carbocycles. The number of fused-ring (bicyclic) bond motifs is 5. The van der Waals surface area contributed by atoms with Crippen molar-refractivity contribution in [1.29, 1.82) is 0 Å². The average molecular weight is 399 g/mol. The van der Waals surface area contributed by atoms with Crippen LogP contribution in [0.4, 0.5) is 0 Å². The van der Waals surface area contributed by atoms with Crippen LogP contribution in [0.15, 0.2) is 23.8 Å². The molecule has 3 fully saturated rings. The van der Waals surface area contributed by atoms with Crippen LogP contribution >= 0.6 is 0 Å². The highest BCUT2D eigenvalue weighted by molar-refractivity contribution is 5.94. The number of rotatable bonds is 5. The summed E-state index contributed by atoms with van der Waals surface area (Å²) in [5.41, 5.74) is 3.07. The molecular weight excluding hydrogens is 356 g/mol. The first-order chi connectivity index (χ1) is 13.7. The van der Waals surface area contributed by atoms with Crippen molar-refractivity contribution in [2.75, 3.05) is 0 Å². The van der Waals surface area contributed by atoms with E-state index in [4.69, 9.17) is 0 Å². The second-order valence-electron chi connectivity index (χ2n) is 11.6. The number of aliphatic hydroxyl groups excluding tert-OH is 1. The number of hydrogen-bond donors (Lipinski definition) is 1. The summed E-state index contributed by atoms with van der Waals surface area (Å²) in [4.78, 5) is 12.1. The quantitative estimate of drug-likeness (QED) is 0.424. The number of carbonyl (C=O) groups excluding carboxylic acids is 1. The van der Waals surface area contributed by atoms with Gasteiger partial charge in [-0.15, -0.1) is 0 Å². The first-order valence-electron chi connectivity index (χ1n) is 12.2. The summed E-state index contributed by atoms with van der Waals surface area (Å²) in [6, 6.07) is 0. The molecule has 0 radical (unpaired) electrons. The maximum atomic E-state index is 12.1. The van der Waals surface area contributed by atoms with Crippen LogP contribution in [0.25, 0.3) is 0 Å². The lowest BCUT2D eigenvalue weighted by Gasteiger charge is -2.58. The minimum Gasteiger partial charge on any atom is -0.393 e. The van der Waals surface area contributed by atoms with Crippen LogP contribution in [0.2, 0.25) is 0 Å². The van der Waals surface area contributed by atoms with Crippen molar-refractivity contribution < 1.29 is 9.90 Å². The zero-order valence-electron chi connectivity index (χ0n) is 19.2. The number of Topliss-reactive ketones (excluding diaryl/α,β-unsaturated/α-hetero) is 1. The fourth-order valence-electron chi connectivity index (χ4n) is 8.39. The topological polar surface area (TPSA) is 37.3 Å². The summed E-state index contributed by atoms with van der Waals surface area (Å²) < 4.78 is 0. The smallest absolute Gasteiger partial charge is 0.157 e. The van der Waals surface area contributed by atoms with E-state index in [1.54, 1.807) is 5.57 Å². The molecule has 29 heavy (non-hydrogen) atoms. The Morgan fingerprint density at radius 1 is 1.21 bits per heavy atom. The normalized spacial score (nSPS) is 44.9. The Morgan fingerprint density at radius 2 is 1.97 bits per heavy atom. The fourth-order valence-corrected chi connectivity index (χ4v) is 8.39. The molecule has 8 atom stereocenters. The van der Waals surface area contributed by atoms with Gasteiger partial charge in [-0.25, -0.2) is 0 Å². The molecule has 0 amide bonds. The molecule has 162 valence electrons. The average Bonchev–Trinajstić information content (AvgIpc) is 3.03. The first kappa shape index (κ1) is 21.3. The van der Waals surface area contributed by atoms with Crippen molar-refractivity contribution in [3.63, 3.8) is 0 Å². The van der Waals surface area contributed by atoms with E-state index in [9.17, 15) is 9.90 Å². The molecule has 0 aromatic rings. The van der Waals surface area contributed by atoms with E-state index in [1.165, 1.54) is 38.5 Å². The summed E-state index contributed by atoms with van der Waals surface area (Å²) in [6.07, 6.45) is 13.9. The second kappa shape index (κ2) is 7.66. The maximum absolute atomic E-state index is 12.1. The molecule has 0 aromatic heterocycles. The molecule has 0 aromatic carbocycles. The minimum absolute atomic E-state index is 0.113. The van der Waals surface area contributed by atoms with Crippen LogP contribution in [0.1, 0.15) is 91.9 Å². The zero-order chi connectivity index (χ0) is 21.0. The molecule has 1 N–H and O–H groups in total. The molecule has 4 aliphatic rings. The standard InChI is InChI=1S/C27H42O2/c1-17(2)25(29)11-6-18(3)22-9-10-23-21-8-7-19-16-20(28)12-14-26(19,4)24(21)13-15-27(22,23)5/h7,18,20-24,28H,1,6,8-16H2,2-5H3/t18?,20-,21-,22+,23-,24-,26-,27+/m0/s1. The number of ketones is 1. The van der Waals surface area contributed by atoms with Crippen LogP contribution < -0.4 is 0 Å². The number of hydrogen-bond acceptors (Lipinski definition) is 2. The first-order valence-corrected chi connectivity index (χ1v) is 12.2. The Bertz CT molecular complexity index is 705. The summed E-state index contributed by atoms with van der Waals surface area (Å²) in [5.74, 6) is 4.11. The highest BCUT2D eigenvalue weighted by Gasteiger charge is 2.59. The fraction of sp³-hybridized carbons (Fsp3) is 0.815. The predicted molar refractivity (Wildman–Crippen MR) is 119 cm³/mol. The predicted octanol–water partition coefficient (Wildman–Crippen LogP) is 6.49. The van der Waals surface area contributed by atoms with E-state index in [0.29, 0.717) is 28.7 Å². The van der Waals surface area contributed by atoms with E-state index in [-0.39, 0.29) is 11.9 Å². The largest absolute Gasteiger partial charge is 0.393 e. The number of allylic oxidation sites excluding steroid dienone is 2. The Hall–Kier alpha value is -0.890. The summed E-state index contributed by atoms with van der Waals surface area (Å²) in [6.45, 7) is 13.2. The van der Waals surface area contributed by atoms with Gasteiger partial charge in [0.1, 0.15) is 0 Å². The van der Waals surface area contributed by atoms with Gasteiger partial charge in [0.05, 0.1) is 6.10 Å². The van der Waals surface area contributed by atoms with Gasteiger partial charge in [-0.2, -0.15) is 0 Å². The van der Waals surface area contributed by atoms with Gasteiger partial charge in [0.15, 0.2) is 5.78 Å². The van der Waals surface area contributed by atoms with Crippen LogP contribution in [-0.4, -0.2) is 17.0 Å². The Labute approximate surface area is 178 Å². The Balaban J connectivity index is 1.50. The SMILES string of the molecule is C=C(C)C(=O)CCC(C)[C@H]1CC[C@H]2[C@@H]3CC=C4C[C@@H](O)CC[C@]4(C)[C@H]3CC[C@]12C. The summed E-state index contributed by atoms with van der Waals surface area (Å²) in [7, 11) is 0. The molecule has 0 aliphatic heterocycles. The lowest BCUT2D eigenvalue weighted by molar-refractivity contribution is -0.116. The Morgan fingerprint density at radius 3 is 2.69 bits per heavy atom. The van der Waals surface area contributed by atoms with Gasteiger partial charge in [0.2, 0.25) is 0 Å². The van der Waals surface area contributed by atoms with Crippen molar-refractivity contribution in [3.05, 3.63) is 23.8 Å². The lowest BCUT2D eigenvalue weighted by atomic mass is 9.47. The van der Waals surface area contributed by atoms with Gasteiger partial charge < -0.3 is 5.11 Å². The van der Waals surface area contributed by atoms with E-state index in [1.807, 2.05) is 6.92 Å². The van der Waals surface area contributed by atoms with E-state index < -0.39 is 0 Å². The number of carbonyl (C=O) groups is 1. The van der Waals surface area contributed by atoms with Gasteiger partial charge in [-0.3, -0.25) is 4.79 Å². The second-order valence-corrected chi connectivity index (χ2v) is 11.6. The molecule has 0 bridgehead atoms. The van der Waals surface area contributed by atoms with Crippen molar-refractivity contribution in [1.82, 2.24) is 0 Å². The maximum Gasteiger partial charge on any atom is 0.157 e. The monoisotopic (exact) mass is 398 g/mol. The van der Waals surface area contributed by atoms with Crippen LogP contribution in [0.5, 0.6) is 0 Å². The highest BCUT2D eigenvalue weighted by atomic mass is 16.3. The third-order valence-corrected chi connectivity index (χ3v) is 10.1. The van der Waals surface area contributed by atoms with Crippen LogP contribution in [0.3, 0.4) is 0 Å². The third kappa shape index (κ3) is 3.48. The van der Waals surface area contributed by atoms with E-state index >= 15 is 0 Å². The van der Waals surface area contributed by atoms with Gasteiger partial charge in [-0.1, -0.05) is 39.0 Å². The summed E-state index contributed by atoms with van der Waals surface area (Å²) >= 11 is 0. The van der Waals surface area contributed by atoms with Crippen molar-refractivity contribution >= 4 is 5.78 Å². The molecule has 4 rings (SSSR count). The van der Waals surface area contributed by atoms with Gasteiger partial charge in [0.25, 0.3) is 0 Å². The van der Waals surface area contributed by atoms with Crippen LogP contribution in [-0.2, 0) is 4.79 Å². The molecule has 0 heterocycles. The highest BCUT2D eigenvalue weighted by Crippen LogP contribution is 2.67. The summed E-state index contributed by atoms with van der Waals surface area (Å²) in [5, 5.41) is 10.2. The van der Waals surface area contributed by atoms with Gasteiger partial charge in [0, 0.05) is 6.42 Å². The Kier molecular flexibility index (Phi) is 5.64. The van der Waals surface area contributed by atoms with Crippen molar-refractivity contribution in [2.24, 2.45) is 40.4 Å². The van der Waals surface area contributed by atoms with Gasteiger partial charge in [-0.05, 0) is 111 Å². The van der Waals surface area contributed by atoms with Gasteiger partial charge >= 0.3 is 0 Å². The minimum atomic E-state index is -0.113. The van der Waals surface area contributed by atoms with Crippen molar-refractivity contribution in [3.8, 4) is 0 Å². The molecule has 1 unspecified atom stereocenters. The van der Waals surface area contributed by atoms with E-state index in [2.05, 4.69) is 33.4 Å². The number of aliphatic hydroxyl groups is 1. The molecule has 2 nitrogen and oxygen atoms in total.